The molecule has 0 heterocycles. The van der Waals surface area contributed by atoms with Crippen molar-refractivity contribution in [1.29, 1.82) is 0 Å². The third-order valence-corrected chi connectivity index (χ3v) is 3.92. The molecule has 0 saturated carbocycles. The number of thiocarbonyl (C=S) groups is 1. The fourth-order valence-corrected chi connectivity index (χ4v) is 2.54. The van der Waals surface area contributed by atoms with Gasteiger partial charge in [0.15, 0.2) is 5.11 Å². The van der Waals surface area contributed by atoms with Gasteiger partial charge in [-0.15, -0.1) is 0 Å². The van der Waals surface area contributed by atoms with Gasteiger partial charge in [0.05, 0.1) is 0 Å². The summed E-state index contributed by atoms with van der Waals surface area (Å²) in [4.78, 5) is 12.6. The van der Waals surface area contributed by atoms with Gasteiger partial charge >= 0.3 is 0 Å². The quantitative estimate of drug-likeness (QED) is 0.461. The number of nitrogens with one attached hydrogen (secondary N) is 4. The van der Waals surface area contributed by atoms with E-state index in [0.29, 0.717) is 23.1 Å². The third-order valence-electron chi connectivity index (χ3n) is 3.42. The molecule has 0 fully saturated rings. The van der Waals surface area contributed by atoms with E-state index >= 15 is 0 Å². The SMILES string of the molecule is CCNC(=S)NNC(=O)C(Cc1ccccc1)Nc1ccc(Cl)cc1. The topological polar surface area (TPSA) is 65.2 Å². The Hall–Kier alpha value is -2.31. The average Bonchev–Trinajstić information content (AvgIpc) is 2.62. The Morgan fingerprint density at radius 1 is 1.08 bits per heavy atom. The van der Waals surface area contributed by atoms with Gasteiger partial charge in [0.1, 0.15) is 6.04 Å². The van der Waals surface area contributed by atoms with Gasteiger partial charge in [-0.05, 0) is 49.0 Å². The predicted molar refractivity (Wildman–Crippen MR) is 107 cm³/mol. The van der Waals surface area contributed by atoms with Crippen molar-refractivity contribution in [2.75, 3.05) is 11.9 Å². The molecule has 0 aliphatic carbocycles. The number of hydrogen-bond acceptors (Lipinski definition) is 3. The van der Waals surface area contributed by atoms with Gasteiger partial charge in [0, 0.05) is 23.7 Å². The maximum atomic E-state index is 12.6. The number of benzene rings is 2. The molecule has 132 valence electrons. The molecule has 0 saturated heterocycles. The first-order chi connectivity index (χ1) is 12.1. The molecule has 0 spiro atoms. The maximum absolute atomic E-state index is 12.6. The van der Waals surface area contributed by atoms with Gasteiger partial charge in [-0.25, -0.2) is 0 Å². The van der Waals surface area contributed by atoms with Crippen LogP contribution >= 0.6 is 23.8 Å². The number of carbonyl (C=O) groups is 1. The maximum Gasteiger partial charge on any atom is 0.261 e. The molecule has 0 aromatic heterocycles. The number of anilines is 1. The van der Waals surface area contributed by atoms with Crippen LogP contribution in [-0.2, 0) is 11.2 Å². The van der Waals surface area contributed by atoms with Crippen LogP contribution in [0, 0.1) is 0 Å². The Bertz CT molecular complexity index is 694. The summed E-state index contributed by atoms with van der Waals surface area (Å²) in [6.45, 7) is 2.61. The van der Waals surface area contributed by atoms with Crippen molar-refractivity contribution in [2.24, 2.45) is 0 Å². The van der Waals surface area contributed by atoms with E-state index in [-0.39, 0.29) is 5.91 Å². The van der Waals surface area contributed by atoms with Gasteiger partial charge in [-0.3, -0.25) is 15.6 Å². The lowest BCUT2D eigenvalue weighted by Crippen LogP contribution is -2.52. The zero-order valence-corrected chi connectivity index (χ0v) is 15.5. The molecular weight excluding hydrogens is 356 g/mol. The highest BCUT2D eigenvalue weighted by atomic mass is 35.5. The number of halogens is 1. The van der Waals surface area contributed by atoms with Crippen LogP contribution in [0.3, 0.4) is 0 Å². The van der Waals surface area contributed by atoms with Crippen molar-refractivity contribution in [3.8, 4) is 0 Å². The van der Waals surface area contributed by atoms with E-state index in [1.807, 2.05) is 49.4 Å². The van der Waals surface area contributed by atoms with E-state index < -0.39 is 6.04 Å². The minimum Gasteiger partial charge on any atom is -0.373 e. The monoisotopic (exact) mass is 376 g/mol. The molecule has 0 bridgehead atoms. The Morgan fingerprint density at radius 2 is 1.76 bits per heavy atom. The largest absolute Gasteiger partial charge is 0.373 e. The Kier molecular flexibility index (Phi) is 7.50. The summed E-state index contributed by atoms with van der Waals surface area (Å²) < 4.78 is 0. The lowest BCUT2D eigenvalue weighted by molar-refractivity contribution is -0.122. The standard InChI is InChI=1S/C18H21ClN4OS/c1-2-20-18(25)23-22-17(24)16(12-13-6-4-3-5-7-13)21-15-10-8-14(19)9-11-15/h3-11,16,21H,2,12H2,1H3,(H,22,24)(H2,20,23,25). The van der Waals surface area contributed by atoms with E-state index in [0.717, 1.165) is 11.3 Å². The normalized spacial score (nSPS) is 11.3. The summed E-state index contributed by atoms with van der Waals surface area (Å²) in [5, 5.41) is 7.17. The van der Waals surface area contributed by atoms with Crippen LogP contribution in [0.5, 0.6) is 0 Å². The second-order valence-electron chi connectivity index (χ2n) is 5.37. The van der Waals surface area contributed by atoms with Crippen LogP contribution in [-0.4, -0.2) is 23.6 Å². The molecule has 7 heteroatoms. The van der Waals surface area contributed by atoms with Crippen LogP contribution in [0.4, 0.5) is 5.69 Å². The number of rotatable bonds is 6. The highest BCUT2D eigenvalue weighted by Crippen LogP contribution is 2.15. The predicted octanol–water partition coefficient (Wildman–Crippen LogP) is 2.88. The Balaban J connectivity index is 2.06. The van der Waals surface area contributed by atoms with Crippen LogP contribution in [0.15, 0.2) is 54.6 Å². The fourth-order valence-electron chi connectivity index (χ4n) is 2.22. The zero-order valence-electron chi connectivity index (χ0n) is 13.9. The molecular formula is C18H21ClN4OS. The highest BCUT2D eigenvalue weighted by molar-refractivity contribution is 7.80. The summed E-state index contributed by atoms with van der Waals surface area (Å²) in [5.74, 6) is -0.209. The molecule has 2 rings (SSSR count). The minimum atomic E-state index is -0.472. The van der Waals surface area contributed by atoms with Crippen molar-refractivity contribution >= 4 is 40.5 Å². The molecule has 0 radical (unpaired) electrons. The Labute approximate surface area is 158 Å². The third kappa shape index (κ3) is 6.60. The number of hydrazine groups is 1. The highest BCUT2D eigenvalue weighted by Gasteiger charge is 2.19. The summed E-state index contributed by atoms with van der Waals surface area (Å²) >= 11 is 11.0. The second-order valence-corrected chi connectivity index (χ2v) is 6.21. The Morgan fingerprint density at radius 3 is 2.40 bits per heavy atom. The van der Waals surface area contributed by atoms with Gasteiger partial charge in [0.25, 0.3) is 5.91 Å². The van der Waals surface area contributed by atoms with E-state index in [9.17, 15) is 4.79 Å². The summed E-state index contributed by atoms with van der Waals surface area (Å²) in [5.41, 5.74) is 7.21. The van der Waals surface area contributed by atoms with Gasteiger partial charge in [0.2, 0.25) is 0 Å². The summed E-state index contributed by atoms with van der Waals surface area (Å²) in [7, 11) is 0. The van der Waals surface area contributed by atoms with Crippen molar-refractivity contribution in [1.82, 2.24) is 16.2 Å². The molecule has 1 amide bonds. The van der Waals surface area contributed by atoms with Crippen molar-refractivity contribution in [3.05, 3.63) is 65.2 Å². The molecule has 0 aliphatic rings. The first-order valence-electron chi connectivity index (χ1n) is 7.98. The molecule has 2 aromatic rings. The summed E-state index contributed by atoms with van der Waals surface area (Å²) in [6.07, 6.45) is 0.533. The number of carbonyl (C=O) groups excluding carboxylic acids is 1. The molecule has 0 aliphatic heterocycles. The van der Waals surface area contributed by atoms with Crippen molar-refractivity contribution in [3.63, 3.8) is 0 Å². The molecule has 2 aromatic carbocycles. The molecule has 4 N–H and O–H groups in total. The summed E-state index contributed by atoms with van der Waals surface area (Å²) in [6, 6.07) is 16.6. The van der Waals surface area contributed by atoms with Gasteiger partial charge < -0.3 is 10.6 Å². The van der Waals surface area contributed by atoms with E-state index in [4.69, 9.17) is 23.8 Å². The van der Waals surface area contributed by atoms with Crippen molar-refractivity contribution in [2.45, 2.75) is 19.4 Å². The smallest absolute Gasteiger partial charge is 0.261 e. The van der Waals surface area contributed by atoms with Gasteiger partial charge in [-0.1, -0.05) is 41.9 Å². The second kappa shape index (κ2) is 9.86. The lowest BCUT2D eigenvalue weighted by atomic mass is 10.1. The van der Waals surface area contributed by atoms with E-state index in [1.54, 1.807) is 12.1 Å². The van der Waals surface area contributed by atoms with E-state index in [2.05, 4.69) is 21.5 Å². The van der Waals surface area contributed by atoms with Crippen LogP contribution < -0.4 is 21.5 Å². The van der Waals surface area contributed by atoms with Crippen LogP contribution in [0.1, 0.15) is 12.5 Å². The fraction of sp³-hybridized carbons (Fsp3) is 0.222. The average molecular weight is 377 g/mol. The van der Waals surface area contributed by atoms with Crippen LogP contribution in [0.2, 0.25) is 5.02 Å². The number of hydrogen-bond donors (Lipinski definition) is 4. The molecule has 5 nitrogen and oxygen atoms in total. The minimum absolute atomic E-state index is 0.209. The van der Waals surface area contributed by atoms with Crippen molar-refractivity contribution < 1.29 is 4.79 Å². The zero-order chi connectivity index (χ0) is 18.1. The first-order valence-corrected chi connectivity index (χ1v) is 8.77. The lowest BCUT2D eigenvalue weighted by Gasteiger charge is -2.20. The van der Waals surface area contributed by atoms with Crippen LogP contribution in [0.25, 0.3) is 0 Å². The molecule has 1 unspecified atom stereocenters. The molecule has 25 heavy (non-hydrogen) atoms. The van der Waals surface area contributed by atoms with E-state index in [1.165, 1.54) is 0 Å². The first kappa shape index (κ1) is 19.0. The number of amides is 1. The molecule has 1 atom stereocenters. The van der Waals surface area contributed by atoms with Gasteiger partial charge in [-0.2, -0.15) is 0 Å².